The van der Waals surface area contributed by atoms with Gasteiger partial charge in [0.1, 0.15) is 36.0 Å². The normalized spacial score (nSPS) is 12.0. The molecular weight excluding hydrogens is 482 g/mol. The molecule has 14 nitrogen and oxygen atoms in total. The number of nitrogens with zero attached hydrogens (tertiary/aromatic N) is 3. The molecule has 0 atom stereocenters. The van der Waals surface area contributed by atoms with E-state index in [0.29, 0.717) is 17.1 Å². The fourth-order valence-electron chi connectivity index (χ4n) is 3.16. The van der Waals surface area contributed by atoms with Gasteiger partial charge in [0.25, 0.3) is 10.8 Å². The maximum absolute atomic E-state index is 12.9. The molecule has 0 bridgehead atoms. The number of hydrogen-bond acceptors (Lipinski definition) is 12. The van der Waals surface area contributed by atoms with Crippen LogP contribution in [-0.2, 0) is 11.4 Å². The quantitative estimate of drug-likeness (QED) is 0.101. The molecule has 0 fully saturated rings. The van der Waals surface area contributed by atoms with Crippen LogP contribution in [0.3, 0.4) is 0 Å². The van der Waals surface area contributed by atoms with E-state index in [1.54, 1.807) is 18.2 Å². The highest BCUT2D eigenvalue weighted by Crippen LogP contribution is 2.35. The molecule has 0 radical (unpaired) electrons. The van der Waals surface area contributed by atoms with E-state index < -0.39 is 23.2 Å². The SMILES string of the molecule is Cc1c(COc2cc(O)c(C(=O)/C=C/c3ccc4c(c3)OCO4)c(OCCO[N+](=O)[O-])c2)no[n+]1[O-]. The van der Waals surface area contributed by atoms with Crippen LogP contribution in [-0.4, -0.2) is 41.1 Å². The van der Waals surface area contributed by atoms with Gasteiger partial charge in [0.15, 0.2) is 29.6 Å². The number of phenols is 1. The summed E-state index contributed by atoms with van der Waals surface area (Å²) in [5.41, 5.74) is 0.856. The van der Waals surface area contributed by atoms with Crippen LogP contribution < -0.4 is 23.9 Å². The lowest BCUT2D eigenvalue weighted by Gasteiger charge is -2.13. The molecule has 4 rings (SSSR count). The molecule has 0 spiro atoms. The van der Waals surface area contributed by atoms with Gasteiger partial charge in [-0.15, -0.1) is 10.1 Å². The van der Waals surface area contributed by atoms with Gasteiger partial charge < -0.3 is 34.1 Å². The minimum absolute atomic E-state index is 0.0776. The van der Waals surface area contributed by atoms with E-state index >= 15 is 0 Å². The van der Waals surface area contributed by atoms with E-state index in [1.165, 1.54) is 31.2 Å². The van der Waals surface area contributed by atoms with Gasteiger partial charge in [-0.25, -0.2) is 0 Å². The molecule has 1 aliphatic rings. The monoisotopic (exact) mass is 501 g/mol. The second-order valence-electron chi connectivity index (χ2n) is 7.28. The minimum Gasteiger partial charge on any atom is -0.507 e. The number of ether oxygens (including phenoxy) is 4. The van der Waals surface area contributed by atoms with E-state index in [1.807, 2.05) is 0 Å². The Kier molecular flexibility index (Phi) is 7.04. The molecule has 2 aromatic carbocycles. The maximum atomic E-state index is 12.9. The summed E-state index contributed by atoms with van der Waals surface area (Å²) in [7, 11) is 0. The summed E-state index contributed by atoms with van der Waals surface area (Å²) in [6, 6.07) is 7.60. The van der Waals surface area contributed by atoms with Crippen molar-refractivity contribution in [2.75, 3.05) is 20.0 Å². The smallest absolute Gasteiger partial charge is 0.294 e. The lowest BCUT2D eigenvalue weighted by Crippen LogP contribution is -2.26. The van der Waals surface area contributed by atoms with E-state index in [4.69, 9.17) is 18.9 Å². The highest BCUT2D eigenvalue weighted by Gasteiger charge is 2.21. The van der Waals surface area contributed by atoms with Crippen molar-refractivity contribution in [3.8, 4) is 28.7 Å². The molecule has 36 heavy (non-hydrogen) atoms. The molecule has 188 valence electrons. The van der Waals surface area contributed by atoms with Gasteiger partial charge in [-0.2, -0.15) is 0 Å². The molecule has 14 heteroatoms. The Labute approximate surface area is 202 Å². The zero-order valence-corrected chi connectivity index (χ0v) is 18.7. The highest BCUT2D eigenvalue weighted by atomic mass is 17.0. The Morgan fingerprint density at radius 2 is 2.03 bits per heavy atom. The highest BCUT2D eigenvalue weighted by molar-refractivity contribution is 6.10. The van der Waals surface area contributed by atoms with Gasteiger partial charge in [0, 0.05) is 24.2 Å². The Balaban J connectivity index is 1.55. The molecule has 1 aliphatic heterocycles. The van der Waals surface area contributed by atoms with Crippen LogP contribution in [0, 0.1) is 22.2 Å². The van der Waals surface area contributed by atoms with Crippen LogP contribution >= 0.6 is 0 Å². The molecule has 0 amide bonds. The fourth-order valence-corrected chi connectivity index (χ4v) is 3.16. The molecular formula is C22H19N3O11. The lowest BCUT2D eigenvalue weighted by atomic mass is 10.1. The zero-order chi connectivity index (χ0) is 25.7. The number of rotatable bonds is 11. The summed E-state index contributed by atoms with van der Waals surface area (Å²) < 4.78 is 26.1. The molecule has 2 heterocycles. The number of carbonyl (C=O) groups is 1. The largest absolute Gasteiger partial charge is 0.507 e. The number of hydrogen-bond donors (Lipinski definition) is 1. The van der Waals surface area contributed by atoms with Crippen LogP contribution in [0.4, 0.5) is 0 Å². The zero-order valence-electron chi connectivity index (χ0n) is 18.7. The van der Waals surface area contributed by atoms with Crippen molar-refractivity contribution in [1.29, 1.82) is 0 Å². The Hall–Kier alpha value is -5.01. The van der Waals surface area contributed by atoms with Crippen LogP contribution in [0.15, 0.2) is 41.0 Å². The third kappa shape index (κ3) is 5.55. The Morgan fingerprint density at radius 1 is 1.22 bits per heavy atom. The van der Waals surface area contributed by atoms with Gasteiger partial charge in [-0.1, -0.05) is 12.1 Å². The van der Waals surface area contributed by atoms with Crippen LogP contribution in [0.1, 0.15) is 27.3 Å². The van der Waals surface area contributed by atoms with Crippen molar-refractivity contribution in [2.45, 2.75) is 13.5 Å². The van der Waals surface area contributed by atoms with Crippen molar-refractivity contribution in [3.63, 3.8) is 0 Å². The average molecular weight is 501 g/mol. The van der Waals surface area contributed by atoms with Crippen molar-refractivity contribution in [3.05, 3.63) is 74.2 Å². The minimum atomic E-state index is -0.983. The van der Waals surface area contributed by atoms with Crippen LogP contribution in [0.2, 0.25) is 0 Å². The van der Waals surface area contributed by atoms with Gasteiger partial charge in [-0.05, 0) is 28.7 Å². The van der Waals surface area contributed by atoms with Gasteiger partial charge in [0.05, 0.1) is 0 Å². The van der Waals surface area contributed by atoms with Crippen LogP contribution in [0.25, 0.3) is 6.08 Å². The Morgan fingerprint density at radius 3 is 2.78 bits per heavy atom. The third-order valence-electron chi connectivity index (χ3n) is 4.95. The molecule has 0 aliphatic carbocycles. The number of allylic oxidation sites excluding steroid dienone is 1. The number of ketones is 1. The summed E-state index contributed by atoms with van der Waals surface area (Å²) in [5, 5.41) is 34.9. The van der Waals surface area contributed by atoms with E-state index in [2.05, 4.69) is 14.6 Å². The van der Waals surface area contributed by atoms with Crippen LogP contribution in [0.5, 0.6) is 28.7 Å². The first-order valence-electron chi connectivity index (χ1n) is 10.4. The number of carbonyl (C=O) groups excluding carboxylic acids is 1. The summed E-state index contributed by atoms with van der Waals surface area (Å²) in [4.78, 5) is 27.8. The van der Waals surface area contributed by atoms with Crippen molar-refractivity contribution in [2.24, 2.45) is 0 Å². The fraction of sp³-hybridized carbons (Fsp3) is 0.227. The number of benzene rings is 2. The van der Waals surface area contributed by atoms with Crippen molar-refractivity contribution < 1.29 is 48.3 Å². The first-order chi connectivity index (χ1) is 17.3. The second kappa shape index (κ2) is 10.5. The summed E-state index contributed by atoms with van der Waals surface area (Å²) in [5.74, 6) is 0.0242. The summed E-state index contributed by atoms with van der Waals surface area (Å²) >= 11 is 0. The molecule has 0 saturated carbocycles. The van der Waals surface area contributed by atoms with E-state index in [0.717, 1.165) is 0 Å². The molecule has 1 N–H and O–H groups in total. The van der Waals surface area contributed by atoms with Crippen molar-refractivity contribution >= 4 is 11.9 Å². The maximum Gasteiger partial charge on any atom is 0.294 e. The van der Waals surface area contributed by atoms with E-state index in [9.17, 15) is 25.2 Å². The van der Waals surface area contributed by atoms with E-state index in [-0.39, 0.29) is 53.4 Å². The first kappa shape index (κ1) is 24.1. The topological polar surface area (TPSA) is 180 Å². The predicted molar refractivity (Wildman–Crippen MR) is 117 cm³/mol. The molecule has 0 saturated heterocycles. The summed E-state index contributed by atoms with van der Waals surface area (Å²) in [6.07, 6.45) is 2.73. The standard InChI is InChI=1S/C22H19N3O11/c1-13-16(23-36-24(13)28)11-32-15-9-18(27)22(21(10-15)31-6-7-35-25(29)30)17(26)4-2-14-3-5-19-20(8-14)34-12-33-19/h2-5,8-10,27H,6-7,11-12H2,1H3/b4-2+. The molecule has 1 aromatic heterocycles. The van der Waals surface area contributed by atoms with Gasteiger partial charge >= 0.3 is 0 Å². The second-order valence-corrected chi connectivity index (χ2v) is 7.28. The van der Waals surface area contributed by atoms with Gasteiger partial charge in [0.2, 0.25) is 6.79 Å². The number of aromatic hydroxyl groups is 1. The number of phenolic OH excluding ortho intramolecular Hbond substituents is 1. The average Bonchev–Trinajstić information content (AvgIpc) is 3.44. The predicted octanol–water partition coefficient (Wildman–Crippen LogP) is 2.11. The molecule has 3 aromatic rings. The first-order valence-corrected chi connectivity index (χ1v) is 10.4. The van der Waals surface area contributed by atoms with Gasteiger partial charge in [-0.3, -0.25) is 9.42 Å². The summed E-state index contributed by atoms with van der Waals surface area (Å²) in [6.45, 7) is 0.705. The number of aromatic nitrogens is 2. The molecule has 0 unspecified atom stereocenters. The number of fused-ring (bicyclic) bond motifs is 1. The lowest BCUT2D eigenvalue weighted by molar-refractivity contribution is -0.806. The van der Waals surface area contributed by atoms with Crippen molar-refractivity contribution in [1.82, 2.24) is 5.16 Å². The third-order valence-corrected chi connectivity index (χ3v) is 4.95. The Bertz CT molecular complexity index is 1320.